The summed E-state index contributed by atoms with van der Waals surface area (Å²) in [5, 5.41) is 0. The van der Waals surface area contributed by atoms with E-state index in [-0.39, 0.29) is 0 Å². The molecule has 2 aromatic carbocycles. The van der Waals surface area contributed by atoms with Crippen molar-refractivity contribution in [3.63, 3.8) is 0 Å². The fraction of sp³-hybridized carbons (Fsp3) is 0.125. The highest BCUT2D eigenvalue weighted by Gasteiger charge is 2.12. The smallest absolute Gasteiger partial charge is 0.0443 e. The molecule has 0 unspecified atom stereocenters. The molecule has 2 radical (unpaired) electrons. The van der Waals surface area contributed by atoms with Gasteiger partial charge in [-0.2, -0.15) is 0 Å². The first-order valence-corrected chi connectivity index (χ1v) is 6.03. The Morgan fingerprint density at radius 1 is 0.833 bits per heavy atom. The minimum atomic E-state index is 0.586. The molecule has 2 rings (SSSR count). The zero-order valence-electron chi connectivity index (χ0n) is 10.5. The average Bonchev–Trinajstić information content (AvgIpc) is 2.38. The van der Waals surface area contributed by atoms with E-state index in [0.29, 0.717) is 6.54 Å². The first kappa shape index (κ1) is 12.7. The largest absolute Gasteiger partial charge is 0.340 e. The van der Waals surface area contributed by atoms with Crippen molar-refractivity contribution in [1.82, 2.24) is 0 Å². The van der Waals surface area contributed by atoms with Crippen molar-refractivity contribution in [2.45, 2.75) is 0 Å². The van der Waals surface area contributed by atoms with Crippen molar-refractivity contribution in [1.29, 1.82) is 0 Å². The third kappa shape index (κ3) is 2.54. The standard InChI is InChI=1S/C16H18N2/c1-13-7-3-5-9-15(13)18(12-11-17)16-10-6-4-8-14(16)2/h3-10H,1-2,11-12,17H2. The number of para-hydroxylation sites is 2. The molecule has 0 saturated carbocycles. The van der Waals surface area contributed by atoms with Gasteiger partial charge in [-0.3, -0.25) is 0 Å². The van der Waals surface area contributed by atoms with Gasteiger partial charge in [0.1, 0.15) is 0 Å². The van der Waals surface area contributed by atoms with Gasteiger partial charge >= 0.3 is 0 Å². The van der Waals surface area contributed by atoms with Crippen LogP contribution < -0.4 is 10.6 Å². The average molecular weight is 238 g/mol. The summed E-state index contributed by atoms with van der Waals surface area (Å²) in [6.45, 7) is 9.49. The van der Waals surface area contributed by atoms with Gasteiger partial charge in [-0.25, -0.2) is 0 Å². The van der Waals surface area contributed by atoms with Crippen LogP contribution in [0.5, 0.6) is 0 Å². The van der Waals surface area contributed by atoms with E-state index in [9.17, 15) is 0 Å². The van der Waals surface area contributed by atoms with Gasteiger partial charge in [-0.05, 0) is 37.1 Å². The zero-order chi connectivity index (χ0) is 13.0. The van der Waals surface area contributed by atoms with Gasteiger partial charge in [0.05, 0.1) is 0 Å². The molecule has 2 heteroatoms. The van der Waals surface area contributed by atoms with Gasteiger partial charge in [0.25, 0.3) is 0 Å². The van der Waals surface area contributed by atoms with Gasteiger partial charge in [-0.15, -0.1) is 0 Å². The van der Waals surface area contributed by atoms with Crippen LogP contribution in [0.1, 0.15) is 11.1 Å². The van der Waals surface area contributed by atoms with Gasteiger partial charge in [0.15, 0.2) is 0 Å². The fourth-order valence-electron chi connectivity index (χ4n) is 2.05. The monoisotopic (exact) mass is 238 g/mol. The van der Waals surface area contributed by atoms with E-state index in [1.165, 1.54) is 0 Å². The van der Waals surface area contributed by atoms with Crippen LogP contribution >= 0.6 is 0 Å². The molecule has 92 valence electrons. The normalized spacial score (nSPS) is 10.4. The second kappa shape index (κ2) is 5.69. The van der Waals surface area contributed by atoms with Crippen LogP contribution in [0.4, 0.5) is 11.4 Å². The van der Waals surface area contributed by atoms with E-state index in [1.54, 1.807) is 0 Å². The Labute approximate surface area is 109 Å². The van der Waals surface area contributed by atoms with Crippen LogP contribution in [0.15, 0.2) is 48.5 Å². The number of benzene rings is 2. The van der Waals surface area contributed by atoms with Crippen LogP contribution in [-0.4, -0.2) is 13.1 Å². The maximum absolute atomic E-state index is 5.72. The molecule has 0 spiro atoms. The van der Waals surface area contributed by atoms with Crippen LogP contribution in [-0.2, 0) is 0 Å². The topological polar surface area (TPSA) is 29.3 Å². The van der Waals surface area contributed by atoms with E-state index in [0.717, 1.165) is 29.0 Å². The molecular weight excluding hydrogens is 220 g/mol. The molecule has 2 N–H and O–H groups in total. The van der Waals surface area contributed by atoms with Gasteiger partial charge in [-0.1, -0.05) is 36.4 Å². The summed E-state index contributed by atoms with van der Waals surface area (Å²) >= 11 is 0. The van der Waals surface area contributed by atoms with Crippen LogP contribution in [0.3, 0.4) is 0 Å². The third-order valence-electron chi connectivity index (χ3n) is 2.92. The molecular formula is C16H18N2. The van der Waals surface area contributed by atoms with E-state index >= 15 is 0 Å². The number of hydrogen-bond donors (Lipinski definition) is 1. The summed E-state index contributed by atoms with van der Waals surface area (Å²) < 4.78 is 0. The van der Waals surface area contributed by atoms with E-state index in [1.807, 2.05) is 36.4 Å². The predicted octanol–water partition coefficient (Wildman–Crippen LogP) is 3.15. The molecule has 0 heterocycles. The van der Waals surface area contributed by atoms with Crippen LogP contribution in [0, 0.1) is 13.8 Å². The van der Waals surface area contributed by atoms with E-state index in [2.05, 4.69) is 30.9 Å². The first-order valence-electron chi connectivity index (χ1n) is 6.03. The highest BCUT2D eigenvalue weighted by Crippen LogP contribution is 2.29. The second-order valence-electron chi connectivity index (χ2n) is 4.20. The van der Waals surface area contributed by atoms with Crippen molar-refractivity contribution in [2.75, 3.05) is 18.0 Å². The molecule has 0 saturated heterocycles. The number of rotatable bonds is 4. The van der Waals surface area contributed by atoms with Gasteiger partial charge in [0.2, 0.25) is 0 Å². The third-order valence-corrected chi connectivity index (χ3v) is 2.92. The number of hydrogen-bond acceptors (Lipinski definition) is 2. The minimum Gasteiger partial charge on any atom is -0.340 e. The Morgan fingerprint density at radius 2 is 1.28 bits per heavy atom. The minimum absolute atomic E-state index is 0.586. The Kier molecular flexibility index (Phi) is 4.00. The molecule has 0 aliphatic heterocycles. The summed E-state index contributed by atoms with van der Waals surface area (Å²) in [6, 6.07) is 16.1. The van der Waals surface area contributed by atoms with E-state index < -0.39 is 0 Å². The molecule has 0 fully saturated rings. The maximum Gasteiger partial charge on any atom is 0.0443 e. The highest BCUT2D eigenvalue weighted by atomic mass is 15.1. The van der Waals surface area contributed by atoms with Gasteiger partial charge < -0.3 is 10.6 Å². The van der Waals surface area contributed by atoms with Crippen molar-refractivity contribution >= 4 is 11.4 Å². The fourth-order valence-corrected chi connectivity index (χ4v) is 2.05. The lowest BCUT2D eigenvalue weighted by molar-refractivity contribution is 0.919. The molecule has 0 aliphatic carbocycles. The maximum atomic E-state index is 5.72. The molecule has 0 aliphatic rings. The number of anilines is 2. The zero-order valence-corrected chi connectivity index (χ0v) is 10.5. The van der Waals surface area contributed by atoms with Crippen LogP contribution in [0.2, 0.25) is 0 Å². The molecule has 0 aromatic heterocycles. The predicted molar refractivity (Wildman–Crippen MR) is 77.9 cm³/mol. The Balaban J connectivity index is 2.47. The summed E-state index contributed by atoms with van der Waals surface area (Å²) in [4.78, 5) is 2.17. The quantitative estimate of drug-likeness (QED) is 0.886. The lowest BCUT2D eigenvalue weighted by Gasteiger charge is -2.27. The van der Waals surface area contributed by atoms with Crippen molar-refractivity contribution in [3.8, 4) is 0 Å². The Bertz CT molecular complexity index is 475. The van der Waals surface area contributed by atoms with Gasteiger partial charge in [0, 0.05) is 24.5 Å². The van der Waals surface area contributed by atoms with Crippen LogP contribution in [0.25, 0.3) is 0 Å². The Hall–Kier alpha value is -1.80. The summed E-state index contributed by atoms with van der Waals surface area (Å²) in [6.07, 6.45) is 0. The van der Waals surface area contributed by atoms with Crippen molar-refractivity contribution in [2.24, 2.45) is 5.73 Å². The molecule has 0 bridgehead atoms. The number of nitrogens with zero attached hydrogens (tertiary/aromatic N) is 1. The van der Waals surface area contributed by atoms with E-state index in [4.69, 9.17) is 5.73 Å². The Morgan fingerprint density at radius 3 is 1.67 bits per heavy atom. The molecule has 0 atom stereocenters. The number of nitrogens with two attached hydrogens (primary N) is 1. The summed E-state index contributed by atoms with van der Waals surface area (Å²) in [5.74, 6) is 0. The summed E-state index contributed by atoms with van der Waals surface area (Å²) in [7, 11) is 0. The molecule has 2 aromatic rings. The SMILES string of the molecule is [CH2]c1ccccc1N(CCN)c1ccccc1[CH2]. The molecule has 18 heavy (non-hydrogen) atoms. The molecule has 0 amide bonds. The van der Waals surface area contributed by atoms with Crippen molar-refractivity contribution in [3.05, 3.63) is 73.5 Å². The lowest BCUT2D eigenvalue weighted by atomic mass is 10.1. The highest BCUT2D eigenvalue weighted by molar-refractivity contribution is 5.70. The lowest BCUT2D eigenvalue weighted by Crippen LogP contribution is -2.26. The first-order chi connectivity index (χ1) is 8.74. The molecule has 2 nitrogen and oxygen atoms in total. The summed E-state index contributed by atoms with van der Waals surface area (Å²) in [5.41, 5.74) is 9.88. The second-order valence-corrected chi connectivity index (χ2v) is 4.20. The van der Waals surface area contributed by atoms with Crippen molar-refractivity contribution < 1.29 is 0 Å².